The second-order valence-electron chi connectivity index (χ2n) is 32.0. The maximum absolute atomic E-state index is 13.1. The highest BCUT2D eigenvalue weighted by Gasteiger charge is 2.30. The van der Waals surface area contributed by atoms with E-state index in [0.29, 0.717) is 25.7 Å². The molecule has 0 aliphatic carbocycles. The summed E-state index contributed by atoms with van der Waals surface area (Å²) in [4.78, 5) is 73.2. The number of esters is 4. The number of carbonyl (C=O) groups excluding carboxylic acids is 4. The molecule has 3 N–H and O–H groups in total. The van der Waals surface area contributed by atoms with Crippen molar-refractivity contribution in [3.05, 3.63) is 0 Å². The van der Waals surface area contributed by atoms with Crippen LogP contribution >= 0.6 is 15.6 Å². The fraction of sp³-hybridized carbons (Fsp3) is 0.953. The zero-order chi connectivity index (χ0) is 76.7. The number of phosphoric acid groups is 2. The molecule has 0 aromatic carbocycles. The third-order valence-corrected chi connectivity index (χ3v) is 22.4. The molecule has 0 amide bonds. The van der Waals surface area contributed by atoms with Gasteiger partial charge in [0.05, 0.1) is 26.4 Å². The molecule has 0 radical (unpaired) electrons. The molecule has 7 atom stereocenters. The number of aliphatic hydroxyl groups is 1. The fourth-order valence-corrected chi connectivity index (χ4v) is 14.7. The Kier molecular flexibility index (Phi) is 72.5. The molecule has 17 nitrogen and oxygen atoms in total. The average molecular weight is 1520 g/mol. The molecule has 0 aliphatic rings. The number of phosphoric ester groups is 2. The van der Waals surface area contributed by atoms with E-state index in [4.69, 9.17) is 37.0 Å². The van der Waals surface area contributed by atoms with E-state index in [1.54, 1.807) is 0 Å². The van der Waals surface area contributed by atoms with Crippen molar-refractivity contribution in [1.82, 2.24) is 0 Å². The number of hydrogen-bond donors (Lipinski definition) is 3. The van der Waals surface area contributed by atoms with Gasteiger partial charge in [-0.05, 0) is 49.4 Å². The van der Waals surface area contributed by atoms with Gasteiger partial charge in [-0.2, -0.15) is 0 Å². The lowest BCUT2D eigenvalue weighted by atomic mass is 9.99. The lowest BCUT2D eigenvalue weighted by Crippen LogP contribution is -2.30. The van der Waals surface area contributed by atoms with Crippen LogP contribution in [-0.4, -0.2) is 96.7 Å². The standard InChI is InChI=1S/C85H166O17P2/c1-9-77(7)63-55-47-39-33-29-30-36-42-52-60-68-85(90)101-80(71-95-82(87)65-57-49-40-34-27-23-19-16-15-18-22-26-32-38-46-54-62-76(5)6)73-99-103(91,92)97-69-79(86)70-98-104(93,94)100-74-81(72-96-83(88)66-58-50-44-43-48-56-64-78(8)10-2)102-84(89)67-59-51-41-35-28-24-20-14-12-11-13-17-21-25-31-37-45-53-61-75(3)4/h75-81,86H,9-74H2,1-8H3,(H,91,92)(H,93,94)/t77?,78?,79-,80-,81-/m1/s1. The van der Waals surface area contributed by atoms with Crippen molar-refractivity contribution in [2.45, 2.75) is 459 Å². The van der Waals surface area contributed by atoms with E-state index in [0.717, 1.165) is 120 Å². The van der Waals surface area contributed by atoms with Gasteiger partial charge < -0.3 is 33.8 Å². The molecule has 0 spiro atoms. The van der Waals surface area contributed by atoms with Crippen LogP contribution in [0.5, 0.6) is 0 Å². The van der Waals surface area contributed by atoms with Crippen molar-refractivity contribution in [3.8, 4) is 0 Å². The lowest BCUT2D eigenvalue weighted by Gasteiger charge is -2.21. The number of ether oxygens (including phenoxy) is 4. The SMILES string of the molecule is CCC(C)CCCCCCCCCCCCC(=O)O[C@H](COC(=O)CCCCCCCCCCCCCCCCCCC(C)C)COP(=O)(O)OC[C@@H](O)COP(=O)(O)OC[C@@H](COC(=O)CCCCCCCCC(C)CC)OC(=O)CCCCCCCCCCCCCCCCCCCCC(C)C. The Morgan fingerprint density at radius 2 is 0.462 bits per heavy atom. The van der Waals surface area contributed by atoms with Crippen LogP contribution < -0.4 is 0 Å². The molecule has 4 unspecified atom stereocenters. The molecule has 19 heteroatoms. The highest BCUT2D eigenvalue weighted by Crippen LogP contribution is 2.45. The topological polar surface area (TPSA) is 237 Å². The first-order valence-electron chi connectivity index (χ1n) is 43.8. The van der Waals surface area contributed by atoms with Crippen molar-refractivity contribution >= 4 is 39.5 Å². The summed E-state index contributed by atoms with van der Waals surface area (Å²) in [5, 5.41) is 10.7. The van der Waals surface area contributed by atoms with Gasteiger partial charge in [0.1, 0.15) is 19.3 Å². The predicted octanol–water partition coefficient (Wildman–Crippen LogP) is 25.6. The number of unbranched alkanes of at least 4 members (excludes halogenated alkanes) is 46. The molecular formula is C85H166O17P2. The minimum Gasteiger partial charge on any atom is -0.462 e. The van der Waals surface area contributed by atoms with Gasteiger partial charge in [0.2, 0.25) is 0 Å². The number of carbonyl (C=O) groups is 4. The Bertz CT molecular complexity index is 2030. The minimum atomic E-state index is -4.96. The number of hydrogen-bond acceptors (Lipinski definition) is 15. The van der Waals surface area contributed by atoms with Crippen LogP contribution in [0.4, 0.5) is 0 Å². The predicted molar refractivity (Wildman–Crippen MR) is 428 cm³/mol. The molecule has 0 aromatic heterocycles. The molecule has 0 aliphatic heterocycles. The molecule has 0 saturated carbocycles. The van der Waals surface area contributed by atoms with Crippen molar-refractivity contribution in [2.75, 3.05) is 39.6 Å². The first-order chi connectivity index (χ1) is 50.2. The Morgan fingerprint density at radius 1 is 0.269 bits per heavy atom. The Balaban J connectivity index is 5.20. The van der Waals surface area contributed by atoms with Crippen molar-refractivity contribution in [2.24, 2.45) is 23.7 Å². The van der Waals surface area contributed by atoms with Crippen LogP contribution in [0.3, 0.4) is 0 Å². The lowest BCUT2D eigenvalue weighted by molar-refractivity contribution is -0.161. The summed E-state index contributed by atoms with van der Waals surface area (Å²) in [6.07, 6.45) is 62.5. The minimum absolute atomic E-state index is 0.106. The Labute approximate surface area is 638 Å². The second kappa shape index (κ2) is 73.8. The largest absolute Gasteiger partial charge is 0.472 e. The van der Waals surface area contributed by atoms with E-state index in [2.05, 4.69) is 55.4 Å². The summed E-state index contributed by atoms with van der Waals surface area (Å²) in [5.74, 6) is 1.06. The number of aliphatic hydroxyl groups excluding tert-OH is 1. The quantitative estimate of drug-likeness (QED) is 0.0222. The van der Waals surface area contributed by atoms with Crippen LogP contribution in [0.2, 0.25) is 0 Å². The average Bonchev–Trinajstić information content (AvgIpc) is 0.907. The Hall–Kier alpha value is -1.94. The summed E-state index contributed by atoms with van der Waals surface area (Å²) in [6, 6.07) is 0. The summed E-state index contributed by atoms with van der Waals surface area (Å²) in [7, 11) is -9.93. The van der Waals surface area contributed by atoms with Crippen molar-refractivity contribution in [3.63, 3.8) is 0 Å². The van der Waals surface area contributed by atoms with Crippen molar-refractivity contribution < 1.29 is 80.2 Å². The van der Waals surface area contributed by atoms with E-state index < -0.39 is 97.5 Å². The van der Waals surface area contributed by atoms with Gasteiger partial charge >= 0.3 is 39.5 Å². The zero-order valence-electron chi connectivity index (χ0n) is 68.7. The number of rotatable bonds is 82. The smallest absolute Gasteiger partial charge is 0.462 e. The summed E-state index contributed by atoms with van der Waals surface area (Å²) in [6.45, 7) is 14.3. The van der Waals surface area contributed by atoms with Gasteiger partial charge in [0.25, 0.3) is 0 Å². The van der Waals surface area contributed by atoms with Crippen LogP contribution in [0.25, 0.3) is 0 Å². The first kappa shape index (κ1) is 102. The van der Waals surface area contributed by atoms with E-state index in [1.807, 2.05) is 0 Å². The van der Waals surface area contributed by atoms with Crippen LogP contribution in [0.15, 0.2) is 0 Å². The van der Waals surface area contributed by atoms with E-state index in [9.17, 15) is 43.2 Å². The molecule has 0 heterocycles. The summed E-state index contributed by atoms with van der Waals surface area (Å²) >= 11 is 0. The molecule has 0 saturated heterocycles. The van der Waals surface area contributed by atoms with Gasteiger partial charge in [-0.3, -0.25) is 37.3 Å². The van der Waals surface area contributed by atoms with Crippen LogP contribution in [0.1, 0.15) is 441 Å². The molecule has 0 aromatic rings. The fourth-order valence-electron chi connectivity index (χ4n) is 13.1. The molecule has 0 rings (SSSR count). The molecule has 104 heavy (non-hydrogen) atoms. The van der Waals surface area contributed by atoms with Gasteiger partial charge in [-0.1, -0.05) is 389 Å². The third kappa shape index (κ3) is 75.5. The summed E-state index contributed by atoms with van der Waals surface area (Å²) < 4.78 is 68.8. The maximum atomic E-state index is 13.1. The van der Waals surface area contributed by atoms with Crippen molar-refractivity contribution in [1.29, 1.82) is 0 Å². The molecule has 618 valence electrons. The molecule has 0 fully saturated rings. The van der Waals surface area contributed by atoms with Gasteiger partial charge in [0.15, 0.2) is 12.2 Å². The molecular weight excluding hydrogens is 1350 g/mol. The van der Waals surface area contributed by atoms with E-state index in [-0.39, 0.29) is 25.7 Å². The van der Waals surface area contributed by atoms with Crippen LogP contribution in [0, 0.1) is 23.7 Å². The zero-order valence-corrected chi connectivity index (χ0v) is 70.5. The molecule has 0 bridgehead atoms. The summed E-state index contributed by atoms with van der Waals surface area (Å²) in [5.41, 5.74) is 0. The maximum Gasteiger partial charge on any atom is 0.472 e. The third-order valence-electron chi connectivity index (χ3n) is 20.5. The monoisotopic (exact) mass is 1520 g/mol. The normalized spacial score (nSPS) is 14.5. The highest BCUT2D eigenvalue weighted by atomic mass is 31.2. The van der Waals surface area contributed by atoms with E-state index in [1.165, 1.54) is 238 Å². The highest BCUT2D eigenvalue weighted by molar-refractivity contribution is 7.47. The van der Waals surface area contributed by atoms with Gasteiger partial charge in [-0.15, -0.1) is 0 Å². The second-order valence-corrected chi connectivity index (χ2v) is 34.9. The Morgan fingerprint density at radius 3 is 0.683 bits per heavy atom. The van der Waals surface area contributed by atoms with Gasteiger partial charge in [0, 0.05) is 25.7 Å². The van der Waals surface area contributed by atoms with Gasteiger partial charge in [-0.25, -0.2) is 9.13 Å². The first-order valence-corrected chi connectivity index (χ1v) is 46.8. The van der Waals surface area contributed by atoms with Crippen LogP contribution in [-0.2, 0) is 65.4 Å². The van der Waals surface area contributed by atoms with E-state index >= 15 is 0 Å².